The van der Waals surface area contributed by atoms with Crippen LogP contribution in [0.2, 0.25) is 0 Å². The summed E-state index contributed by atoms with van der Waals surface area (Å²) in [6.07, 6.45) is 0. The number of rotatable bonds is 2. The molecule has 0 bridgehead atoms. The van der Waals surface area contributed by atoms with Gasteiger partial charge < -0.3 is 16.2 Å². The number of fused-ring (bicyclic) bond motifs is 3. The molecule has 0 amide bonds. The molecule has 1 aromatic heterocycles. The van der Waals surface area contributed by atoms with Crippen molar-refractivity contribution in [3.8, 4) is 16.9 Å². The number of nitrogens with two attached hydrogens (primary N) is 2. The summed E-state index contributed by atoms with van der Waals surface area (Å²) in [5, 5.41) is 0. The zero-order chi connectivity index (χ0) is 16.0. The fourth-order valence-electron chi connectivity index (χ4n) is 3.28. The maximum absolute atomic E-state index is 6.13. The van der Waals surface area contributed by atoms with Gasteiger partial charge in [0, 0.05) is 5.56 Å². The highest BCUT2D eigenvalue weighted by Crippen LogP contribution is 2.49. The highest BCUT2D eigenvalue weighted by Gasteiger charge is 2.33. The van der Waals surface area contributed by atoms with Crippen LogP contribution < -0.4 is 16.2 Å². The molecule has 1 unspecified atom stereocenters. The summed E-state index contributed by atoms with van der Waals surface area (Å²) in [6.45, 7) is 0. The summed E-state index contributed by atoms with van der Waals surface area (Å²) in [5.74, 6) is 1.40. The van der Waals surface area contributed by atoms with Gasteiger partial charge in [-0.3, -0.25) is 0 Å². The minimum absolute atomic E-state index is 0.0242. The summed E-state index contributed by atoms with van der Waals surface area (Å²) in [4.78, 5) is 8.61. The first-order chi connectivity index (χ1) is 11.2. The molecule has 0 fully saturated rings. The van der Waals surface area contributed by atoms with Crippen LogP contribution >= 0.6 is 0 Å². The Hall–Kier alpha value is -3.08. The Bertz CT molecular complexity index is 907. The van der Waals surface area contributed by atoms with Gasteiger partial charge in [-0.15, -0.1) is 0 Å². The number of nitrogen functional groups attached to an aromatic ring is 2. The van der Waals surface area contributed by atoms with Crippen molar-refractivity contribution in [1.82, 2.24) is 9.97 Å². The number of benzene rings is 2. The van der Waals surface area contributed by atoms with Gasteiger partial charge in [-0.1, -0.05) is 36.4 Å². The van der Waals surface area contributed by atoms with Gasteiger partial charge in [-0.25, -0.2) is 4.98 Å². The van der Waals surface area contributed by atoms with Crippen LogP contribution in [-0.4, -0.2) is 17.1 Å². The highest BCUT2D eigenvalue weighted by atomic mass is 16.5. The Kier molecular flexibility index (Phi) is 2.94. The van der Waals surface area contributed by atoms with Crippen LogP contribution in [0.3, 0.4) is 0 Å². The van der Waals surface area contributed by atoms with Crippen LogP contribution in [-0.2, 0) is 0 Å². The van der Waals surface area contributed by atoms with E-state index in [1.54, 1.807) is 7.11 Å². The first-order valence-electron chi connectivity index (χ1n) is 7.35. The Balaban J connectivity index is 2.01. The summed E-state index contributed by atoms with van der Waals surface area (Å²) in [5.41, 5.74) is 17.0. The predicted molar refractivity (Wildman–Crippen MR) is 90.2 cm³/mol. The second kappa shape index (κ2) is 4.98. The lowest BCUT2D eigenvalue weighted by Crippen LogP contribution is -2.07. The van der Waals surface area contributed by atoms with Crippen molar-refractivity contribution in [2.75, 3.05) is 18.6 Å². The normalized spacial score (nSPS) is 15.1. The molecule has 0 saturated carbocycles. The van der Waals surface area contributed by atoms with E-state index < -0.39 is 0 Å². The molecule has 5 heteroatoms. The molecule has 23 heavy (non-hydrogen) atoms. The topological polar surface area (TPSA) is 87.0 Å². The molecular formula is C18H16N4O. The van der Waals surface area contributed by atoms with Crippen molar-refractivity contribution in [1.29, 1.82) is 0 Å². The summed E-state index contributed by atoms with van der Waals surface area (Å²) >= 11 is 0. The van der Waals surface area contributed by atoms with Gasteiger partial charge in [-0.2, -0.15) is 4.98 Å². The maximum atomic E-state index is 6.13. The van der Waals surface area contributed by atoms with Crippen LogP contribution in [0.25, 0.3) is 11.1 Å². The van der Waals surface area contributed by atoms with Gasteiger partial charge in [0.1, 0.15) is 11.6 Å². The standard InChI is InChI=1S/C18H16N4O/c1-23-11-6-4-5-10(9-11)14-12-7-2-3-8-13(12)15-16(14)21-18(20)22-17(15)19/h2-9,14H,1H3,(H4,19,20,21,22). The van der Waals surface area contributed by atoms with E-state index in [1.807, 2.05) is 36.4 Å². The van der Waals surface area contributed by atoms with E-state index in [2.05, 4.69) is 22.1 Å². The number of aromatic nitrogens is 2. The third-order valence-corrected chi connectivity index (χ3v) is 4.22. The number of hydrogen-bond acceptors (Lipinski definition) is 5. The molecule has 1 aliphatic carbocycles. The van der Waals surface area contributed by atoms with Crippen LogP contribution in [0, 0.1) is 0 Å². The van der Waals surface area contributed by atoms with Crippen LogP contribution in [0.5, 0.6) is 5.75 Å². The molecule has 0 saturated heterocycles. The SMILES string of the molecule is COc1cccc(C2c3ccccc3-c3c(N)nc(N)nc32)c1. The lowest BCUT2D eigenvalue weighted by Gasteiger charge is -2.14. The summed E-state index contributed by atoms with van der Waals surface area (Å²) in [7, 11) is 1.66. The van der Waals surface area contributed by atoms with Crippen molar-refractivity contribution < 1.29 is 4.74 Å². The van der Waals surface area contributed by atoms with E-state index >= 15 is 0 Å². The molecule has 1 heterocycles. The minimum Gasteiger partial charge on any atom is -0.497 e. The number of nitrogens with zero attached hydrogens (tertiary/aromatic N) is 2. The average Bonchev–Trinajstić information content (AvgIpc) is 2.89. The van der Waals surface area contributed by atoms with E-state index in [-0.39, 0.29) is 11.9 Å². The largest absolute Gasteiger partial charge is 0.497 e. The number of hydrogen-bond donors (Lipinski definition) is 2. The van der Waals surface area contributed by atoms with Gasteiger partial charge in [0.05, 0.1) is 18.7 Å². The van der Waals surface area contributed by atoms with Crippen molar-refractivity contribution >= 4 is 11.8 Å². The number of anilines is 2. The van der Waals surface area contributed by atoms with Crippen LogP contribution in [0.15, 0.2) is 48.5 Å². The molecular weight excluding hydrogens is 288 g/mol. The molecule has 4 N–H and O–H groups in total. The second-order valence-corrected chi connectivity index (χ2v) is 5.52. The van der Waals surface area contributed by atoms with Gasteiger partial charge in [-0.05, 0) is 28.8 Å². The third-order valence-electron chi connectivity index (χ3n) is 4.22. The first kappa shape index (κ1) is 13.6. The molecule has 3 aromatic rings. The van der Waals surface area contributed by atoms with Crippen molar-refractivity contribution in [2.45, 2.75) is 5.92 Å². The molecule has 114 valence electrons. The monoisotopic (exact) mass is 304 g/mol. The molecule has 2 aromatic carbocycles. The Morgan fingerprint density at radius 3 is 2.65 bits per heavy atom. The molecule has 0 radical (unpaired) electrons. The zero-order valence-corrected chi connectivity index (χ0v) is 12.7. The van der Waals surface area contributed by atoms with E-state index in [4.69, 9.17) is 16.2 Å². The van der Waals surface area contributed by atoms with Crippen LogP contribution in [0.4, 0.5) is 11.8 Å². The van der Waals surface area contributed by atoms with Crippen molar-refractivity contribution in [3.63, 3.8) is 0 Å². The lowest BCUT2D eigenvalue weighted by atomic mass is 9.92. The summed E-state index contributed by atoms with van der Waals surface area (Å²) in [6, 6.07) is 16.1. The van der Waals surface area contributed by atoms with E-state index in [1.165, 1.54) is 0 Å². The quantitative estimate of drug-likeness (QED) is 0.594. The lowest BCUT2D eigenvalue weighted by molar-refractivity contribution is 0.414. The molecule has 4 rings (SSSR count). The molecule has 5 nitrogen and oxygen atoms in total. The average molecular weight is 304 g/mol. The predicted octanol–water partition coefficient (Wildman–Crippen LogP) is 2.81. The van der Waals surface area contributed by atoms with Crippen molar-refractivity contribution in [3.05, 3.63) is 65.4 Å². The number of methoxy groups -OCH3 is 1. The first-order valence-corrected chi connectivity index (χ1v) is 7.35. The summed E-state index contributed by atoms with van der Waals surface area (Å²) < 4.78 is 5.36. The van der Waals surface area contributed by atoms with E-state index in [0.717, 1.165) is 33.7 Å². The zero-order valence-electron chi connectivity index (χ0n) is 12.7. The number of ether oxygens (including phenoxy) is 1. The van der Waals surface area contributed by atoms with Crippen LogP contribution in [0.1, 0.15) is 22.7 Å². The fraction of sp³-hybridized carbons (Fsp3) is 0.111. The maximum Gasteiger partial charge on any atom is 0.222 e. The van der Waals surface area contributed by atoms with E-state index in [0.29, 0.717) is 5.82 Å². The van der Waals surface area contributed by atoms with Gasteiger partial charge in [0.25, 0.3) is 0 Å². The van der Waals surface area contributed by atoms with Crippen molar-refractivity contribution in [2.24, 2.45) is 0 Å². The Morgan fingerprint density at radius 2 is 1.83 bits per heavy atom. The molecule has 1 aliphatic rings. The van der Waals surface area contributed by atoms with Gasteiger partial charge in [0.15, 0.2) is 0 Å². The molecule has 1 atom stereocenters. The fourth-order valence-corrected chi connectivity index (χ4v) is 3.28. The van der Waals surface area contributed by atoms with E-state index in [9.17, 15) is 0 Å². The minimum atomic E-state index is -0.0242. The molecule has 0 aliphatic heterocycles. The van der Waals surface area contributed by atoms with Gasteiger partial charge >= 0.3 is 0 Å². The van der Waals surface area contributed by atoms with Gasteiger partial charge in [0.2, 0.25) is 5.95 Å². The second-order valence-electron chi connectivity index (χ2n) is 5.52. The smallest absolute Gasteiger partial charge is 0.222 e. The highest BCUT2D eigenvalue weighted by molar-refractivity contribution is 5.86. The third kappa shape index (κ3) is 2.01. The Morgan fingerprint density at radius 1 is 1.00 bits per heavy atom. The Labute approximate surface area is 134 Å². The molecule has 0 spiro atoms.